The normalized spacial score (nSPS) is 11.3. The zero-order chi connectivity index (χ0) is 10.7. The van der Waals surface area contributed by atoms with Crippen LogP contribution in [0.4, 0.5) is 0 Å². The van der Waals surface area contributed by atoms with Crippen molar-refractivity contribution >= 4 is 28.6 Å². The van der Waals surface area contributed by atoms with Gasteiger partial charge in [0.2, 0.25) is 0 Å². The Morgan fingerprint density at radius 1 is 1.27 bits per heavy atom. The number of nitrogens with zero attached hydrogens (tertiary/aromatic N) is 1. The van der Waals surface area contributed by atoms with Gasteiger partial charge < -0.3 is 5.11 Å². The van der Waals surface area contributed by atoms with E-state index in [1.807, 2.05) is 30.3 Å². The molecule has 76 valence electrons. The van der Waals surface area contributed by atoms with E-state index in [0.29, 0.717) is 5.15 Å². The Kier molecular flexibility index (Phi) is 2.99. The fourth-order valence-corrected chi connectivity index (χ4v) is 1.57. The SMILES string of the molecule is OCC=Cc1ccc2nc(Cl)ccc2c1. The summed E-state index contributed by atoms with van der Waals surface area (Å²) in [7, 11) is 0. The molecule has 0 aliphatic heterocycles. The van der Waals surface area contributed by atoms with Crippen molar-refractivity contribution in [2.75, 3.05) is 6.61 Å². The largest absolute Gasteiger partial charge is 0.392 e. The van der Waals surface area contributed by atoms with Crippen molar-refractivity contribution in [2.45, 2.75) is 0 Å². The van der Waals surface area contributed by atoms with E-state index in [4.69, 9.17) is 16.7 Å². The highest BCUT2D eigenvalue weighted by molar-refractivity contribution is 6.29. The summed E-state index contributed by atoms with van der Waals surface area (Å²) >= 11 is 5.78. The van der Waals surface area contributed by atoms with E-state index in [1.165, 1.54) is 0 Å². The fourth-order valence-electron chi connectivity index (χ4n) is 1.41. The van der Waals surface area contributed by atoms with Crippen molar-refractivity contribution < 1.29 is 5.11 Å². The summed E-state index contributed by atoms with van der Waals surface area (Å²) in [5, 5.41) is 10.2. The van der Waals surface area contributed by atoms with Gasteiger partial charge in [-0.15, -0.1) is 0 Å². The number of hydrogen-bond acceptors (Lipinski definition) is 2. The van der Waals surface area contributed by atoms with Gasteiger partial charge in [-0.1, -0.05) is 29.8 Å². The van der Waals surface area contributed by atoms with E-state index in [1.54, 1.807) is 12.1 Å². The molecule has 0 aliphatic rings. The van der Waals surface area contributed by atoms with Gasteiger partial charge in [0.1, 0.15) is 5.15 Å². The lowest BCUT2D eigenvalue weighted by atomic mass is 10.1. The zero-order valence-corrected chi connectivity index (χ0v) is 8.78. The van der Waals surface area contributed by atoms with E-state index in [9.17, 15) is 0 Å². The average Bonchev–Trinajstić information content (AvgIpc) is 2.26. The van der Waals surface area contributed by atoms with Crippen molar-refractivity contribution in [1.82, 2.24) is 4.98 Å². The lowest BCUT2D eigenvalue weighted by molar-refractivity contribution is 0.343. The molecular formula is C12H10ClNO. The quantitative estimate of drug-likeness (QED) is 0.788. The van der Waals surface area contributed by atoms with Crippen LogP contribution in [0.15, 0.2) is 36.4 Å². The summed E-state index contributed by atoms with van der Waals surface area (Å²) in [5.74, 6) is 0. The predicted molar refractivity (Wildman–Crippen MR) is 62.9 cm³/mol. The molecule has 0 spiro atoms. The van der Waals surface area contributed by atoms with Gasteiger partial charge in [0.05, 0.1) is 12.1 Å². The molecule has 0 radical (unpaired) electrons. The van der Waals surface area contributed by atoms with Crippen molar-refractivity contribution in [3.05, 3.63) is 47.1 Å². The molecule has 3 heteroatoms. The molecule has 0 fully saturated rings. The van der Waals surface area contributed by atoms with Gasteiger partial charge in [-0.3, -0.25) is 0 Å². The van der Waals surface area contributed by atoms with Crippen LogP contribution in [-0.4, -0.2) is 16.7 Å². The Bertz CT molecular complexity index is 508. The second-order valence-corrected chi connectivity index (χ2v) is 3.56. The Morgan fingerprint density at radius 3 is 2.93 bits per heavy atom. The molecule has 0 saturated carbocycles. The van der Waals surface area contributed by atoms with Crippen molar-refractivity contribution in [3.63, 3.8) is 0 Å². The summed E-state index contributed by atoms with van der Waals surface area (Å²) in [6.45, 7) is 0.0525. The Hall–Kier alpha value is -1.38. The van der Waals surface area contributed by atoms with Crippen molar-refractivity contribution in [3.8, 4) is 0 Å². The molecule has 0 unspecified atom stereocenters. The molecule has 0 atom stereocenters. The van der Waals surface area contributed by atoms with Gasteiger partial charge in [0.15, 0.2) is 0 Å². The lowest BCUT2D eigenvalue weighted by Gasteiger charge is -1.99. The van der Waals surface area contributed by atoms with Gasteiger partial charge in [-0.05, 0) is 29.8 Å². The minimum Gasteiger partial charge on any atom is -0.392 e. The lowest BCUT2D eigenvalue weighted by Crippen LogP contribution is -1.81. The third-order valence-electron chi connectivity index (χ3n) is 2.09. The molecule has 1 aromatic carbocycles. The molecule has 2 nitrogen and oxygen atoms in total. The van der Waals surface area contributed by atoms with Gasteiger partial charge in [0.25, 0.3) is 0 Å². The highest BCUT2D eigenvalue weighted by atomic mass is 35.5. The standard InChI is InChI=1S/C12H10ClNO/c13-12-6-4-10-8-9(2-1-7-15)3-5-11(10)14-12/h1-6,8,15H,7H2. The van der Waals surface area contributed by atoms with Crippen LogP contribution in [0.5, 0.6) is 0 Å². The number of aromatic nitrogens is 1. The number of aliphatic hydroxyl groups is 1. The number of benzene rings is 1. The number of rotatable bonds is 2. The number of halogens is 1. The van der Waals surface area contributed by atoms with Crippen LogP contribution in [0.1, 0.15) is 5.56 Å². The maximum Gasteiger partial charge on any atom is 0.129 e. The number of fused-ring (bicyclic) bond motifs is 1. The number of pyridine rings is 1. The van der Waals surface area contributed by atoms with Crippen LogP contribution < -0.4 is 0 Å². The Balaban J connectivity index is 2.47. The maximum atomic E-state index is 8.66. The first-order valence-corrected chi connectivity index (χ1v) is 5.01. The molecule has 2 aromatic rings. The number of hydrogen-bond donors (Lipinski definition) is 1. The minimum absolute atomic E-state index is 0.0525. The summed E-state index contributed by atoms with van der Waals surface area (Å²) in [5.41, 5.74) is 1.92. The molecular weight excluding hydrogens is 210 g/mol. The van der Waals surface area contributed by atoms with Crippen LogP contribution >= 0.6 is 11.6 Å². The van der Waals surface area contributed by atoms with E-state index in [-0.39, 0.29) is 6.61 Å². The molecule has 2 rings (SSSR count). The van der Waals surface area contributed by atoms with E-state index in [0.717, 1.165) is 16.5 Å². The molecule has 0 amide bonds. The Morgan fingerprint density at radius 2 is 2.13 bits per heavy atom. The molecule has 0 aliphatic carbocycles. The van der Waals surface area contributed by atoms with Gasteiger partial charge in [-0.25, -0.2) is 4.98 Å². The second kappa shape index (κ2) is 4.43. The van der Waals surface area contributed by atoms with E-state index in [2.05, 4.69) is 4.98 Å². The van der Waals surface area contributed by atoms with Gasteiger partial charge in [0, 0.05) is 5.39 Å². The first-order valence-electron chi connectivity index (χ1n) is 4.63. The van der Waals surface area contributed by atoms with E-state index < -0.39 is 0 Å². The topological polar surface area (TPSA) is 33.1 Å². The predicted octanol–water partition coefficient (Wildman–Crippen LogP) is 2.89. The first kappa shape index (κ1) is 10.1. The summed E-state index contributed by atoms with van der Waals surface area (Å²) in [6.07, 6.45) is 3.57. The van der Waals surface area contributed by atoms with Crippen LogP contribution in [-0.2, 0) is 0 Å². The van der Waals surface area contributed by atoms with Crippen molar-refractivity contribution in [2.24, 2.45) is 0 Å². The molecule has 1 N–H and O–H groups in total. The summed E-state index contributed by atoms with van der Waals surface area (Å²) in [6, 6.07) is 9.56. The Labute approximate surface area is 92.8 Å². The molecule has 0 saturated heterocycles. The molecule has 0 bridgehead atoms. The highest BCUT2D eigenvalue weighted by Crippen LogP contribution is 2.17. The van der Waals surface area contributed by atoms with Gasteiger partial charge >= 0.3 is 0 Å². The first-order chi connectivity index (χ1) is 7.29. The van der Waals surface area contributed by atoms with Crippen LogP contribution in [0.2, 0.25) is 5.15 Å². The summed E-state index contributed by atoms with van der Waals surface area (Å²) < 4.78 is 0. The maximum absolute atomic E-state index is 8.66. The molecule has 15 heavy (non-hydrogen) atoms. The highest BCUT2D eigenvalue weighted by Gasteiger charge is 1.96. The third kappa shape index (κ3) is 2.35. The second-order valence-electron chi connectivity index (χ2n) is 3.17. The third-order valence-corrected chi connectivity index (χ3v) is 2.31. The molecule has 1 aromatic heterocycles. The monoisotopic (exact) mass is 219 g/mol. The van der Waals surface area contributed by atoms with Crippen LogP contribution in [0, 0.1) is 0 Å². The average molecular weight is 220 g/mol. The molecule has 1 heterocycles. The van der Waals surface area contributed by atoms with E-state index >= 15 is 0 Å². The smallest absolute Gasteiger partial charge is 0.129 e. The van der Waals surface area contributed by atoms with Crippen LogP contribution in [0.25, 0.3) is 17.0 Å². The van der Waals surface area contributed by atoms with Gasteiger partial charge in [-0.2, -0.15) is 0 Å². The minimum atomic E-state index is 0.0525. The van der Waals surface area contributed by atoms with Crippen molar-refractivity contribution in [1.29, 1.82) is 0 Å². The fraction of sp³-hybridized carbons (Fsp3) is 0.0833. The van der Waals surface area contributed by atoms with Crippen LogP contribution in [0.3, 0.4) is 0 Å². The number of aliphatic hydroxyl groups excluding tert-OH is 1. The zero-order valence-electron chi connectivity index (χ0n) is 8.02. The summed E-state index contributed by atoms with van der Waals surface area (Å²) in [4.78, 5) is 4.19.